The van der Waals surface area contributed by atoms with E-state index < -0.39 is 5.97 Å². The number of hydrogen-bond acceptors (Lipinski definition) is 3. The van der Waals surface area contributed by atoms with Crippen LogP contribution in [0.5, 0.6) is 11.5 Å². The minimum atomic E-state index is -0.584. The summed E-state index contributed by atoms with van der Waals surface area (Å²) in [6.07, 6.45) is 0. The Kier molecular flexibility index (Phi) is 4.07. The average molecular weight is 283 g/mol. The van der Waals surface area contributed by atoms with Crippen LogP contribution in [0.4, 0.5) is 0 Å². The zero-order valence-corrected chi connectivity index (χ0v) is 10.6. The highest BCUT2D eigenvalue weighted by Gasteiger charge is 2.17. The third-order valence-corrected chi connectivity index (χ3v) is 2.67. The van der Waals surface area contributed by atoms with Gasteiger partial charge in [0.25, 0.3) is 0 Å². The molecule has 0 spiro atoms. The van der Waals surface area contributed by atoms with Gasteiger partial charge >= 0.3 is 5.97 Å². The molecule has 0 aliphatic heterocycles. The van der Waals surface area contributed by atoms with E-state index in [0.717, 1.165) is 0 Å². The average Bonchev–Trinajstić information content (AvgIpc) is 2.39. The molecule has 0 N–H and O–H groups in total. The first-order valence-electron chi connectivity index (χ1n) is 5.06. The lowest BCUT2D eigenvalue weighted by Gasteiger charge is -2.07. The van der Waals surface area contributed by atoms with E-state index >= 15 is 0 Å². The van der Waals surface area contributed by atoms with Gasteiger partial charge in [-0.05, 0) is 24.3 Å². The van der Waals surface area contributed by atoms with E-state index in [2.05, 4.69) is 4.29 Å². The molecule has 2 aromatic carbocycles. The topological polar surface area (TPSA) is 35.5 Å². The predicted octanol–water partition coefficient (Wildman–Crippen LogP) is 4.09. The SMILES string of the molecule is O=C(Oc1ccccc1)c1cccc(Cl)c1OCl. The normalized spacial score (nSPS) is 9.89. The first-order chi connectivity index (χ1) is 8.72. The molecular formula is C13H8Cl2O3. The lowest BCUT2D eigenvalue weighted by atomic mass is 10.2. The van der Waals surface area contributed by atoms with Gasteiger partial charge in [0.2, 0.25) is 0 Å². The zero-order valence-electron chi connectivity index (χ0n) is 9.10. The molecule has 0 fully saturated rings. The van der Waals surface area contributed by atoms with Crippen LogP contribution in [-0.4, -0.2) is 5.97 Å². The minimum Gasteiger partial charge on any atom is -0.423 e. The number of rotatable bonds is 3. The van der Waals surface area contributed by atoms with Crippen LogP contribution in [0, 0.1) is 0 Å². The maximum absolute atomic E-state index is 11.9. The molecule has 2 aromatic rings. The third kappa shape index (κ3) is 2.75. The van der Waals surface area contributed by atoms with Crippen LogP contribution in [0.3, 0.4) is 0 Å². The van der Waals surface area contributed by atoms with Crippen molar-refractivity contribution in [3.05, 3.63) is 59.1 Å². The molecule has 0 saturated carbocycles. The van der Waals surface area contributed by atoms with Gasteiger partial charge in [-0.25, -0.2) is 4.79 Å². The maximum Gasteiger partial charge on any atom is 0.347 e. The largest absolute Gasteiger partial charge is 0.423 e. The van der Waals surface area contributed by atoms with Gasteiger partial charge in [0.1, 0.15) is 23.2 Å². The van der Waals surface area contributed by atoms with Crippen molar-refractivity contribution in [1.82, 2.24) is 0 Å². The fraction of sp³-hybridized carbons (Fsp3) is 0. The molecule has 0 aliphatic rings. The van der Waals surface area contributed by atoms with Gasteiger partial charge in [0.05, 0.1) is 5.02 Å². The number of hydrogen-bond donors (Lipinski definition) is 0. The quantitative estimate of drug-likeness (QED) is 0.628. The standard InChI is InChI=1S/C13H8Cl2O3/c14-11-8-4-7-10(12(11)18-15)13(16)17-9-5-2-1-3-6-9/h1-8H. The Morgan fingerprint density at radius 3 is 2.39 bits per heavy atom. The fourth-order valence-electron chi connectivity index (χ4n) is 1.40. The highest BCUT2D eigenvalue weighted by molar-refractivity contribution is 6.33. The Balaban J connectivity index is 2.27. The maximum atomic E-state index is 11.9. The second kappa shape index (κ2) is 5.76. The van der Waals surface area contributed by atoms with Crippen LogP contribution in [0.25, 0.3) is 0 Å². The van der Waals surface area contributed by atoms with Gasteiger partial charge in [-0.2, -0.15) is 0 Å². The summed E-state index contributed by atoms with van der Waals surface area (Å²) >= 11 is 11.2. The van der Waals surface area contributed by atoms with E-state index in [1.807, 2.05) is 6.07 Å². The van der Waals surface area contributed by atoms with Crippen molar-refractivity contribution in [1.29, 1.82) is 0 Å². The van der Waals surface area contributed by atoms with Crippen molar-refractivity contribution in [2.75, 3.05) is 0 Å². The Bertz CT molecular complexity index is 555. The number of esters is 1. The summed E-state index contributed by atoms with van der Waals surface area (Å²) < 4.78 is 9.74. The van der Waals surface area contributed by atoms with E-state index in [4.69, 9.17) is 28.2 Å². The fourth-order valence-corrected chi connectivity index (χ4v) is 1.82. The van der Waals surface area contributed by atoms with Crippen molar-refractivity contribution in [2.24, 2.45) is 0 Å². The third-order valence-electron chi connectivity index (χ3n) is 2.22. The highest BCUT2D eigenvalue weighted by atomic mass is 35.5. The molecule has 0 atom stereocenters. The number of para-hydroxylation sites is 2. The van der Waals surface area contributed by atoms with Crippen molar-refractivity contribution in [2.45, 2.75) is 0 Å². The molecule has 18 heavy (non-hydrogen) atoms. The number of halogens is 2. The molecule has 92 valence electrons. The summed E-state index contributed by atoms with van der Waals surface area (Å²) in [5.74, 6) is -0.0656. The highest BCUT2D eigenvalue weighted by Crippen LogP contribution is 2.30. The van der Waals surface area contributed by atoms with Crippen LogP contribution in [0.15, 0.2) is 48.5 Å². The Morgan fingerprint density at radius 1 is 1.00 bits per heavy atom. The van der Waals surface area contributed by atoms with E-state index in [0.29, 0.717) is 5.75 Å². The summed E-state index contributed by atoms with van der Waals surface area (Å²) in [6, 6.07) is 13.4. The molecule has 0 radical (unpaired) electrons. The predicted molar refractivity (Wildman–Crippen MR) is 69.3 cm³/mol. The van der Waals surface area contributed by atoms with Crippen molar-refractivity contribution < 1.29 is 13.8 Å². The van der Waals surface area contributed by atoms with Crippen molar-refractivity contribution in [3.8, 4) is 11.5 Å². The Morgan fingerprint density at radius 2 is 1.72 bits per heavy atom. The molecule has 2 rings (SSSR count). The molecule has 0 saturated heterocycles. The molecular weight excluding hydrogens is 275 g/mol. The van der Waals surface area contributed by atoms with Gasteiger partial charge < -0.3 is 9.03 Å². The molecule has 0 amide bonds. The molecule has 0 bridgehead atoms. The molecule has 0 heterocycles. The molecule has 0 aliphatic carbocycles. The number of carbonyl (C=O) groups excluding carboxylic acids is 1. The van der Waals surface area contributed by atoms with Crippen LogP contribution in [0.2, 0.25) is 5.02 Å². The number of carbonyl (C=O) groups is 1. The van der Waals surface area contributed by atoms with E-state index in [1.54, 1.807) is 36.4 Å². The van der Waals surface area contributed by atoms with E-state index in [9.17, 15) is 4.79 Å². The van der Waals surface area contributed by atoms with E-state index in [-0.39, 0.29) is 16.3 Å². The second-order valence-corrected chi connectivity index (χ2v) is 3.96. The van der Waals surface area contributed by atoms with Gasteiger partial charge in [-0.15, -0.1) is 0 Å². The lowest BCUT2D eigenvalue weighted by molar-refractivity contribution is 0.0733. The minimum absolute atomic E-state index is 0.0850. The van der Waals surface area contributed by atoms with Crippen molar-refractivity contribution >= 4 is 29.4 Å². The summed E-state index contributed by atoms with van der Waals surface area (Å²) in [5, 5.41) is 0.243. The monoisotopic (exact) mass is 282 g/mol. The number of ether oxygens (including phenoxy) is 1. The summed E-state index contributed by atoms with van der Waals surface area (Å²) in [6.45, 7) is 0. The Labute approximate surface area is 114 Å². The van der Waals surface area contributed by atoms with Crippen LogP contribution < -0.4 is 9.03 Å². The van der Waals surface area contributed by atoms with Gasteiger partial charge in [-0.1, -0.05) is 35.9 Å². The number of benzene rings is 2. The molecule has 3 nitrogen and oxygen atoms in total. The zero-order chi connectivity index (χ0) is 13.0. The smallest absolute Gasteiger partial charge is 0.347 e. The molecule has 5 heteroatoms. The molecule has 0 unspecified atom stereocenters. The van der Waals surface area contributed by atoms with Gasteiger partial charge in [0.15, 0.2) is 5.75 Å². The van der Waals surface area contributed by atoms with E-state index in [1.165, 1.54) is 6.07 Å². The Hall–Kier alpha value is -1.71. The van der Waals surface area contributed by atoms with Crippen LogP contribution >= 0.6 is 23.5 Å². The summed E-state index contributed by atoms with van der Waals surface area (Å²) in [4.78, 5) is 11.9. The van der Waals surface area contributed by atoms with Crippen LogP contribution in [0.1, 0.15) is 10.4 Å². The summed E-state index contributed by atoms with van der Waals surface area (Å²) in [7, 11) is 0. The van der Waals surface area contributed by atoms with Crippen molar-refractivity contribution in [3.63, 3.8) is 0 Å². The summed E-state index contributed by atoms with van der Waals surface area (Å²) in [5.41, 5.74) is 0.168. The second-order valence-electron chi connectivity index (χ2n) is 3.40. The lowest BCUT2D eigenvalue weighted by Crippen LogP contribution is -2.09. The molecule has 0 aromatic heterocycles. The first kappa shape index (κ1) is 12.7. The first-order valence-corrected chi connectivity index (χ1v) is 5.75. The van der Waals surface area contributed by atoms with Gasteiger partial charge in [0, 0.05) is 0 Å². The van der Waals surface area contributed by atoms with Gasteiger partial charge in [-0.3, -0.25) is 0 Å². The van der Waals surface area contributed by atoms with Crippen LogP contribution in [-0.2, 0) is 0 Å².